The van der Waals surface area contributed by atoms with E-state index in [-0.39, 0.29) is 17.4 Å². The summed E-state index contributed by atoms with van der Waals surface area (Å²) >= 11 is 0.739. The van der Waals surface area contributed by atoms with Crippen LogP contribution in [0.5, 0.6) is 0 Å². The smallest absolute Gasteiger partial charge is 0.276 e. The van der Waals surface area contributed by atoms with Crippen LogP contribution in [-0.4, -0.2) is 22.7 Å². The Morgan fingerprint density at radius 2 is 1.82 bits per heavy atom. The number of carbonyl (C=O) groups excluding carboxylic acids is 3. The molecular formula is C11H12N2O3S. The summed E-state index contributed by atoms with van der Waals surface area (Å²) in [5, 5.41) is 1.99. The Balaban J connectivity index is 2.54. The van der Waals surface area contributed by atoms with E-state index in [1.807, 2.05) is 0 Å². The van der Waals surface area contributed by atoms with Gasteiger partial charge in [-0.2, -0.15) is 0 Å². The largest absolute Gasteiger partial charge is 0.361 e. The summed E-state index contributed by atoms with van der Waals surface area (Å²) in [7, 11) is 0. The third kappa shape index (κ3) is 4.69. The summed E-state index contributed by atoms with van der Waals surface area (Å²) in [6, 6.07) is 6.51. The van der Waals surface area contributed by atoms with Crippen molar-refractivity contribution in [2.24, 2.45) is 5.73 Å². The van der Waals surface area contributed by atoms with Crippen LogP contribution in [0.4, 0.5) is 10.5 Å². The number of thioether (sulfide) groups is 1. The first-order valence-electron chi connectivity index (χ1n) is 4.82. The second-order valence-electron chi connectivity index (χ2n) is 3.29. The Morgan fingerprint density at radius 1 is 1.24 bits per heavy atom. The topological polar surface area (TPSA) is 89.3 Å². The van der Waals surface area contributed by atoms with Gasteiger partial charge in [0.2, 0.25) is 5.91 Å². The molecule has 0 saturated heterocycles. The van der Waals surface area contributed by atoms with E-state index in [0.29, 0.717) is 11.3 Å². The maximum Gasteiger partial charge on any atom is 0.276 e. The number of Topliss-reactive ketones (excluding diaryl/α,β-unsaturated/α-hetero) is 1. The van der Waals surface area contributed by atoms with Gasteiger partial charge in [0.25, 0.3) is 5.24 Å². The van der Waals surface area contributed by atoms with E-state index in [1.165, 1.54) is 6.92 Å². The molecule has 90 valence electrons. The number of nitrogens with one attached hydrogen (secondary N) is 1. The van der Waals surface area contributed by atoms with Crippen molar-refractivity contribution in [3.63, 3.8) is 0 Å². The Hall–Kier alpha value is -1.82. The maximum atomic E-state index is 11.3. The number of rotatable bonds is 4. The van der Waals surface area contributed by atoms with Gasteiger partial charge >= 0.3 is 0 Å². The van der Waals surface area contributed by atoms with Gasteiger partial charge in [-0.15, -0.1) is 0 Å². The zero-order valence-electron chi connectivity index (χ0n) is 9.23. The minimum Gasteiger partial charge on any atom is -0.361 e. The van der Waals surface area contributed by atoms with Crippen LogP contribution < -0.4 is 11.1 Å². The van der Waals surface area contributed by atoms with E-state index in [2.05, 4.69) is 5.32 Å². The van der Waals surface area contributed by atoms with E-state index in [4.69, 9.17) is 5.73 Å². The van der Waals surface area contributed by atoms with Crippen LogP contribution in [0.25, 0.3) is 0 Å². The highest BCUT2D eigenvalue weighted by molar-refractivity contribution is 8.14. The van der Waals surface area contributed by atoms with Crippen LogP contribution >= 0.6 is 11.8 Å². The second kappa shape index (κ2) is 6.05. The average Bonchev–Trinajstić information content (AvgIpc) is 2.27. The normalized spacial score (nSPS) is 9.71. The number of hydrogen-bond donors (Lipinski definition) is 2. The molecule has 0 unspecified atom stereocenters. The number of nitrogens with two attached hydrogens (primary N) is 1. The molecular weight excluding hydrogens is 240 g/mol. The fourth-order valence-corrected chi connectivity index (χ4v) is 1.47. The van der Waals surface area contributed by atoms with Crippen molar-refractivity contribution in [2.75, 3.05) is 11.1 Å². The minimum absolute atomic E-state index is 0.0240. The van der Waals surface area contributed by atoms with Gasteiger partial charge in [-0.25, -0.2) is 0 Å². The number of carbonyl (C=O) groups is 3. The molecule has 6 heteroatoms. The summed E-state index contributed by atoms with van der Waals surface area (Å²) in [6.07, 6.45) is 0. The molecule has 2 amide bonds. The van der Waals surface area contributed by atoms with Crippen LogP contribution in [0.2, 0.25) is 0 Å². The molecule has 0 fully saturated rings. The van der Waals surface area contributed by atoms with Gasteiger partial charge in [-0.3, -0.25) is 14.4 Å². The molecule has 0 aromatic heterocycles. The van der Waals surface area contributed by atoms with Crippen molar-refractivity contribution in [1.82, 2.24) is 0 Å². The highest BCUT2D eigenvalue weighted by Crippen LogP contribution is 2.10. The van der Waals surface area contributed by atoms with E-state index in [1.54, 1.807) is 24.3 Å². The molecule has 0 spiro atoms. The summed E-state index contributed by atoms with van der Waals surface area (Å²) in [5.41, 5.74) is 6.05. The van der Waals surface area contributed by atoms with Crippen LogP contribution in [0.1, 0.15) is 17.3 Å². The lowest BCUT2D eigenvalue weighted by atomic mass is 10.1. The highest BCUT2D eigenvalue weighted by atomic mass is 32.2. The SMILES string of the molecule is CC(=O)c1ccc(NC(=O)CSC(N)=O)cc1. The number of amides is 2. The lowest BCUT2D eigenvalue weighted by molar-refractivity contribution is -0.113. The summed E-state index contributed by atoms with van der Waals surface area (Å²) in [5.74, 6) is -0.374. The van der Waals surface area contributed by atoms with E-state index in [9.17, 15) is 14.4 Å². The molecule has 0 bridgehead atoms. The molecule has 17 heavy (non-hydrogen) atoms. The summed E-state index contributed by atoms with van der Waals surface area (Å²) < 4.78 is 0. The van der Waals surface area contributed by atoms with Crippen molar-refractivity contribution in [1.29, 1.82) is 0 Å². The molecule has 0 heterocycles. The number of ketones is 1. The van der Waals surface area contributed by atoms with Crippen LogP contribution in [0.3, 0.4) is 0 Å². The molecule has 0 aliphatic carbocycles. The van der Waals surface area contributed by atoms with Gasteiger partial charge < -0.3 is 11.1 Å². The van der Waals surface area contributed by atoms with Gasteiger partial charge in [0.05, 0.1) is 5.75 Å². The Kier molecular flexibility index (Phi) is 4.71. The number of benzene rings is 1. The third-order valence-electron chi connectivity index (χ3n) is 1.92. The fourth-order valence-electron chi connectivity index (χ4n) is 1.12. The fraction of sp³-hybridized carbons (Fsp3) is 0.182. The van der Waals surface area contributed by atoms with E-state index < -0.39 is 5.24 Å². The number of primary amides is 1. The number of anilines is 1. The highest BCUT2D eigenvalue weighted by Gasteiger charge is 2.05. The van der Waals surface area contributed by atoms with Crippen molar-refractivity contribution in [2.45, 2.75) is 6.92 Å². The lowest BCUT2D eigenvalue weighted by Gasteiger charge is -2.04. The minimum atomic E-state index is -0.591. The van der Waals surface area contributed by atoms with Crippen molar-refractivity contribution < 1.29 is 14.4 Å². The zero-order chi connectivity index (χ0) is 12.8. The molecule has 0 radical (unpaired) electrons. The predicted octanol–water partition coefficient (Wildman–Crippen LogP) is 1.64. The van der Waals surface area contributed by atoms with Gasteiger partial charge in [0.15, 0.2) is 5.78 Å². The molecule has 1 aromatic carbocycles. The summed E-state index contributed by atoms with van der Waals surface area (Å²) in [6.45, 7) is 1.47. The summed E-state index contributed by atoms with van der Waals surface area (Å²) in [4.78, 5) is 32.8. The number of hydrogen-bond acceptors (Lipinski definition) is 4. The Bertz CT molecular complexity index is 443. The molecule has 0 saturated carbocycles. The standard InChI is InChI=1S/C11H12N2O3S/c1-7(14)8-2-4-9(5-3-8)13-10(15)6-17-11(12)16/h2-5H,6H2,1H3,(H2,12,16)(H,13,15). The van der Waals surface area contributed by atoms with Gasteiger partial charge in [0, 0.05) is 11.3 Å². The van der Waals surface area contributed by atoms with Crippen LogP contribution in [0, 0.1) is 0 Å². The molecule has 0 atom stereocenters. The van der Waals surface area contributed by atoms with Gasteiger partial charge in [-0.05, 0) is 31.2 Å². The first-order chi connectivity index (χ1) is 7.99. The predicted molar refractivity (Wildman–Crippen MR) is 67.1 cm³/mol. The third-order valence-corrected chi connectivity index (χ3v) is 2.61. The molecule has 1 aromatic rings. The zero-order valence-corrected chi connectivity index (χ0v) is 10.0. The molecule has 1 rings (SSSR count). The van der Waals surface area contributed by atoms with Crippen LogP contribution in [0.15, 0.2) is 24.3 Å². The first kappa shape index (κ1) is 13.2. The maximum absolute atomic E-state index is 11.3. The first-order valence-corrected chi connectivity index (χ1v) is 5.80. The monoisotopic (exact) mass is 252 g/mol. The lowest BCUT2D eigenvalue weighted by Crippen LogP contribution is -2.16. The Labute approximate surface area is 103 Å². The van der Waals surface area contributed by atoms with E-state index in [0.717, 1.165) is 11.8 Å². The van der Waals surface area contributed by atoms with Crippen molar-refractivity contribution in [3.8, 4) is 0 Å². The Morgan fingerprint density at radius 3 is 2.29 bits per heavy atom. The van der Waals surface area contributed by atoms with Crippen molar-refractivity contribution >= 4 is 34.4 Å². The quantitative estimate of drug-likeness (QED) is 0.797. The van der Waals surface area contributed by atoms with Gasteiger partial charge in [0.1, 0.15) is 0 Å². The second-order valence-corrected chi connectivity index (χ2v) is 4.27. The van der Waals surface area contributed by atoms with Crippen LogP contribution in [-0.2, 0) is 4.79 Å². The molecule has 3 N–H and O–H groups in total. The molecule has 0 aliphatic rings. The molecule has 0 aliphatic heterocycles. The van der Waals surface area contributed by atoms with Crippen molar-refractivity contribution in [3.05, 3.63) is 29.8 Å². The average molecular weight is 252 g/mol. The van der Waals surface area contributed by atoms with Gasteiger partial charge in [-0.1, -0.05) is 11.8 Å². The molecule has 5 nitrogen and oxygen atoms in total. The van der Waals surface area contributed by atoms with E-state index >= 15 is 0 Å².